The zero-order chi connectivity index (χ0) is 9.84. The quantitative estimate of drug-likeness (QED) is 0.751. The Morgan fingerprint density at radius 1 is 1.77 bits per heavy atom. The molecule has 1 atom stereocenters. The smallest absolute Gasteiger partial charge is 0.338 e. The van der Waals surface area contributed by atoms with Crippen LogP contribution in [0, 0.1) is 0 Å². The van der Waals surface area contributed by atoms with E-state index in [1.807, 2.05) is 0 Å². The Morgan fingerprint density at radius 3 is 3.00 bits per heavy atom. The van der Waals surface area contributed by atoms with Crippen LogP contribution in [0.1, 0.15) is 22.2 Å². The molecule has 0 aliphatic rings. The van der Waals surface area contributed by atoms with Crippen LogP contribution in [0.4, 0.5) is 0 Å². The minimum absolute atomic E-state index is 0.326. The van der Waals surface area contributed by atoms with Crippen LogP contribution in [0.5, 0.6) is 0 Å². The minimum atomic E-state index is -0.371. The molecular formula is C9H12O3S. The van der Waals surface area contributed by atoms with Crippen molar-refractivity contribution in [2.24, 2.45) is 0 Å². The van der Waals surface area contributed by atoms with Crippen LogP contribution >= 0.6 is 11.3 Å². The molecule has 0 fully saturated rings. The molecule has 1 aromatic heterocycles. The fourth-order valence-electron chi connectivity index (χ4n) is 1.00. The lowest BCUT2D eigenvalue weighted by Crippen LogP contribution is -2.03. The first-order valence-electron chi connectivity index (χ1n) is 3.97. The summed E-state index contributed by atoms with van der Waals surface area (Å²) >= 11 is 1.46. The van der Waals surface area contributed by atoms with E-state index in [-0.39, 0.29) is 12.1 Å². The van der Waals surface area contributed by atoms with Crippen molar-refractivity contribution >= 4 is 17.3 Å². The van der Waals surface area contributed by atoms with E-state index < -0.39 is 0 Å². The summed E-state index contributed by atoms with van der Waals surface area (Å²) in [5, 5.41) is 10.8. The maximum absolute atomic E-state index is 11.0. The third-order valence-corrected chi connectivity index (χ3v) is 2.53. The molecule has 0 amide bonds. The molecule has 0 bridgehead atoms. The molecule has 1 N–H and O–H groups in total. The Balaban J connectivity index is 2.69. The van der Waals surface area contributed by atoms with Crippen molar-refractivity contribution in [3.05, 3.63) is 21.9 Å². The standard InChI is InChI=1S/C9H12O3S/c1-6(10)3-8-4-7(5-13-8)9(11)12-2/h4-6,10H,3H2,1-2H3. The lowest BCUT2D eigenvalue weighted by atomic mass is 10.2. The molecule has 0 saturated heterocycles. The van der Waals surface area contributed by atoms with Crippen LogP contribution in [0.2, 0.25) is 0 Å². The normalized spacial score (nSPS) is 12.5. The molecule has 0 aliphatic carbocycles. The van der Waals surface area contributed by atoms with E-state index >= 15 is 0 Å². The lowest BCUT2D eigenvalue weighted by Gasteiger charge is -1.98. The van der Waals surface area contributed by atoms with Crippen LogP contribution in [-0.2, 0) is 11.2 Å². The van der Waals surface area contributed by atoms with Gasteiger partial charge >= 0.3 is 5.97 Å². The summed E-state index contributed by atoms with van der Waals surface area (Å²) in [5.41, 5.74) is 0.558. The van der Waals surface area contributed by atoms with Gasteiger partial charge in [-0.05, 0) is 13.0 Å². The van der Waals surface area contributed by atoms with Gasteiger partial charge in [-0.25, -0.2) is 4.79 Å². The molecule has 1 unspecified atom stereocenters. The van der Waals surface area contributed by atoms with E-state index in [0.717, 1.165) is 4.88 Å². The maximum atomic E-state index is 11.0. The van der Waals surface area contributed by atoms with E-state index in [0.29, 0.717) is 12.0 Å². The number of rotatable bonds is 3. The van der Waals surface area contributed by atoms with Crippen LogP contribution < -0.4 is 0 Å². The Morgan fingerprint density at radius 2 is 2.46 bits per heavy atom. The van der Waals surface area contributed by atoms with Crippen molar-refractivity contribution < 1.29 is 14.6 Å². The van der Waals surface area contributed by atoms with Gasteiger partial charge in [0.25, 0.3) is 0 Å². The van der Waals surface area contributed by atoms with Crippen molar-refractivity contribution in [2.75, 3.05) is 7.11 Å². The third kappa shape index (κ3) is 2.82. The number of methoxy groups -OCH3 is 1. The number of carbonyl (C=O) groups excluding carboxylic acids is 1. The van der Waals surface area contributed by atoms with E-state index in [1.54, 1.807) is 18.4 Å². The number of aliphatic hydroxyl groups is 1. The summed E-state index contributed by atoms with van der Waals surface area (Å²) in [6, 6.07) is 1.75. The van der Waals surface area contributed by atoms with E-state index in [2.05, 4.69) is 4.74 Å². The van der Waals surface area contributed by atoms with Crippen molar-refractivity contribution in [3.63, 3.8) is 0 Å². The summed E-state index contributed by atoms with van der Waals surface area (Å²) in [5.74, 6) is -0.326. The number of hydrogen-bond donors (Lipinski definition) is 1. The van der Waals surface area contributed by atoms with Gasteiger partial charge in [0.1, 0.15) is 0 Å². The highest BCUT2D eigenvalue weighted by molar-refractivity contribution is 7.10. The Hall–Kier alpha value is -0.870. The van der Waals surface area contributed by atoms with Crippen molar-refractivity contribution in [3.8, 4) is 0 Å². The van der Waals surface area contributed by atoms with Gasteiger partial charge in [-0.1, -0.05) is 0 Å². The van der Waals surface area contributed by atoms with E-state index in [9.17, 15) is 4.79 Å². The highest BCUT2D eigenvalue weighted by Gasteiger charge is 2.09. The first-order valence-corrected chi connectivity index (χ1v) is 4.85. The second kappa shape index (κ2) is 4.39. The first-order chi connectivity index (χ1) is 6.13. The molecule has 0 radical (unpaired) electrons. The predicted molar refractivity (Wildman–Crippen MR) is 51.0 cm³/mol. The molecule has 3 nitrogen and oxygen atoms in total. The molecule has 13 heavy (non-hydrogen) atoms. The molecule has 0 aliphatic heterocycles. The highest BCUT2D eigenvalue weighted by Crippen LogP contribution is 2.17. The molecule has 1 aromatic rings. The average molecular weight is 200 g/mol. The summed E-state index contributed by atoms with van der Waals surface area (Å²) < 4.78 is 4.56. The topological polar surface area (TPSA) is 46.5 Å². The molecule has 1 rings (SSSR count). The summed E-state index contributed by atoms with van der Waals surface area (Å²) in [4.78, 5) is 12.0. The number of aliphatic hydroxyl groups excluding tert-OH is 1. The van der Waals surface area contributed by atoms with Gasteiger partial charge in [0.2, 0.25) is 0 Å². The zero-order valence-electron chi connectivity index (χ0n) is 7.61. The Labute approximate surface area is 81.0 Å². The maximum Gasteiger partial charge on any atom is 0.338 e. The Kier molecular flexibility index (Phi) is 3.45. The van der Waals surface area contributed by atoms with Crippen molar-refractivity contribution in [1.29, 1.82) is 0 Å². The van der Waals surface area contributed by atoms with Gasteiger partial charge in [-0.15, -0.1) is 11.3 Å². The van der Waals surface area contributed by atoms with Crippen molar-refractivity contribution in [2.45, 2.75) is 19.4 Å². The molecule has 0 saturated carbocycles. The van der Waals surface area contributed by atoms with Crippen molar-refractivity contribution in [1.82, 2.24) is 0 Å². The number of hydrogen-bond acceptors (Lipinski definition) is 4. The van der Waals surface area contributed by atoms with Gasteiger partial charge in [0.05, 0.1) is 18.8 Å². The van der Waals surface area contributed by atoms with Gasteiger partial charge in [-0.3, -0.25) is 0 Å². The second-order valence-corrected chi connectivity index (χ2v) is 3.84. The fraction of sp³-hybridized carbons (Fsp3) is 0.444. The third-order valence-electron chi connectivity index (χ3n) is 1.57. The van der Waals surface area contributed by atoms with Gasteiger partial charge in [0, 0.05) is 16.7 Å². The van der Waals surface area contributed by atoms with Crippen LogP contribution in [0.15, 0.2) is 11.4 Å². The molecule has 1 heterocycles. The first kappa shape index (κ1) is 10.2. The average Bonchev–Trinajstić information content (AvgIpc) is 2.50. The SMILES string of the molecule is COC(=O)c1csc(CC(C)O)c1. The monoisotopic (exact) mass is 200 g/mol. The van der Waals surface area contributed by atoms with Crippen LogP contribution in [0.25, 0.3) is 0 Å². The fourth-order valence-corrected chi connectivity index (χ4v) is 1.98. The second-order valence-electron chi connectivity index (χ2n) is 2.85. The van der Waals surface area contributed by atoms with Crippen LogP contribution in [-0.4, -0.2) is 24.3 Å². The summed E-state index contributed by atoms with van der Waals surface area (Å²) in [6.45, 7) is 1.72. The number of carbonyl (C=O) groups is 1. The molecule has 0 aromatic carbocycles. The molecule has 0 spiro atoms. The predicted octanol–water partition coefficient (Wildman–Crippen LogP) is 1.46. The lowest BCUT2D eigenvalue weighted by molar-refractivity contribution is 0.0601. The number of ether oxygens (including phenoxy) is 1. The zero-order valence-corrected chi connectivity index (χ0v) is 8.43. The molecule has 4 heteroatoms. The van der Waals surface area contributed by atoms with Crippen LogP contribution in [0.3, 0.4) is 0 Å². The highest BCUT2D eigenvalue weighted by atomic mass is 32.1. The minimum Gasteiger partial charge on any atom is -0.465 e. The number of esters is 1. The largest absolute Gasteiger partial charge is 0.465 e. The Bertz CT molecular complexity index is 291. The molecular weight excluding hydrogens is 188 g/mol. The van der Waals surface area contributed by atoms with Gasteiger partial charge in [-0.2, -0.15) is 0 Å². The van der Waals surface area contributed by atoms with E-state index in [1.165, 1.54) is 18.4 Å². The molecule has 72 valence electrons. The summed E-state index contributed by atoms with van der Waals surface area (Å²) in [7, 11) is 1.36. The van der Waals surface area contributed by atoms with Gasteiger partial charge < -0.3 is 9.84 Å². The van der Waals surface area contributed by atoms with Gasteiger partial charge in [0.15, 0.2) is 0 Å². The summed E-state index contributed by atoms with van der Waals surface area (Å²) in [6.07, 6.45) is 0.214. The van der Waals surface area contributed by atoms with E-state index in [4.69, 9.17) is 5.11 Å². The number of thiophene rings is 1.